The van der Waals surface area contributed by atoms with Gasteiger partial charge in [-0.1, -0.05) is 0 Å². The fourth-order valence-corrected chi connectivity index (χ4v) is 4.65. The Bertz CT molecular complexity index is 986. The molecule has 1 amide bonds. The molecule has 1 heterocycles. The highest BCUT2D eigenvalue weighted by Gasteiger charge is 2.57. The van der Waals surface area contributed by atoms with Gasteiger partial charge in [-0.25, -0.2) is 8.78 Å². The van der Waals surface area contributed by atoms with E-state index in [4.69, 9.17) is 20.3 Å². The predicted octanol–water partition coefficient (Wildman–Crippen LogP) is 3.57. The van der Waals surface area contributed by atoms with Gasteiger partial charge in [0.15, 0.2) is 0 Å². The fraction of sp³-hybridized carbons (Fsp3) is 0.400. The molecular formula is C15H14F4NO5PS. The summed E-state index contributed by atoms with van der Waals surface area (Å²) in [5, 5.41) is 0.0805. The van der Waals surface area contributed by atoms with E-state index in [0.29, 0.717) is 11.3 Å². The highest BCUT2D eigenvalue weighted by atomic mass is 32.1. The minimum atomic E-state index is -5.81. The van der Waals surface area contributed by atoms with Gasteiger partial charge >= 0.3 is 13.3 Å². The minimum absolute atomic E-state index is 0.0598. The van der Waals surface area contributed by atoms with E-state index < -0.39 is 42.5 Å². The van der Waals surface area contributed by atoms with Crippen molar-refractivity contribution in [1.82, 2.24) is 0 Å². The van der Waals surface area contributed by atoms with Crippen LogP contribution >= 0.6 is 18.9 Å². The van der Waals surface area contributed by atoms with Crippen molar-refractivity contribution in [3.05, 3.63) is 28.1 Å². The Morgan fingerprint density at radius 1 is 1.44 bits per heavy atom. The predicted molar refractivity (Wildman–Crippen MR) is 89.6 cm³/mol. The molecule has 6 nitrogen and oxygen atoms in total. The van der Waals surface area contributed by atoms with Gasteiger partial charge in [0.2, 0.25) is 5.91 Å². The third-order valence-corrected chi connectivity index (χ3v) is 6.82. The van der Waals surface area contributed by atoms with Crippen molar-refractivity contribution in [2.45, 2.75) is 24.9 Å². The number of halogens is 4. The first-order valence-corrected chi connectivity index (χ1v) is 10.00. The zero-order valence-electron chi connectivity index (χ0n) is 13.7. The van der Waals surface area contributed by atoms with Crippen LogP contribution in [0.1, 0.15) is 27.2 Å². The summed E-state index contributed by atoms with van der Waals surface area (Å²) in [6.07, 6.45) is -0.364. The standard InChI is InChI=1S/C15H14F4NO5PS/c1-6-9-2-7(13(20)21)3-10(25-5-8-4-14(8,16)17)11(9)27-12(6)15(18,19)26(22,23)24/h2-3,8H,4-5H2,1H3,(H2,20,21)(H2,22,23,24). The number of primary amides is 1. The maximum atomic E-state index is 14.2. The topological polar surface area (TPSA) is 110 Å². The van der Waals surface area contributed by atoms with Gasteiger partial charge in [0, 0.05) is 17.4 Å². The average molecular weight is 427 g/mol. The monoisotopic (exact) mass is 427 g/mol. The Balaban J connectivity index is 2.12. The molecule has 1 aromatic heterocycles. The van der Waals surface area contributed by atoms with Crippen LogP contribution in [0.25, 0.3) is 10.1 Å². The molecule has 1 unspecified atom stereocenters. The second kappa shape index (κ2) is 6.16. The van der Waals surface area contributed by atoms with Crippen LogP contribution in [0.5, 0.6) is 5.75 Å². The number of ether oxygens (including phenoxy) is 1. The van der Waals surface area contributed by atoms with Crippen molar-refractivity contribution in [3.63, 3.8) is 0 Å². The second-order valence-electron chi connectivity index (χ2n) is 6.33. The van der Waals surface area contributed by atoms with Crippen LogP contribution in [-0.2, 0) is 10.2 Å². The summed E-state index contributed by atoms with van der Waals surface area (Å²) in [5.41, 5.74) is 0.499. The van der Waals surface area contributed by atoms with Gasteiger partial charge in [0.25, 0.3) is 5.92 Å². The van der Waals surface area contributed by atoms with E-state index in [9.17, 15) is 26.9 Å². The summed E-state index contributed by atoms with van der Waals surface area (Å²) in [7, 11) is -5.81. The number of amides is 1. The summed E-state index contributed by atoms with van der Waals surface area (Å²) in [4.78, 5) is 28.6. The van der Waals surface area contributed by atoms with Gasteiger partial charge in [0.05, 0.1) is 22.1 Å². The molecular weight excluding hydrogens is 413 g/mol. The lowest BCUT2D eigenvalue weighted by atomic mass is 10.1. The number of carbonyl (C=O) groups is 1. The third-order valence-electron chi connectivity index (χ3n) is 4.32. The molecule has 148 valence electrons. The van der Waals surface area contributed by atoms with E-state index >= 15 is 0 Å². The van der Waals surface area contributed by atoms with Crippen LogP contribution in [0, 0.1) is 12.8 Å². The molecule has 0 bridgehead atoms. The number of benzene rings is 1. The van der Waals surface area contributed by atoms with Crippen LogP contribution in [0.2, 0.25) is 0 Å². The number of thiophene rings is 1. The highest BCUT2D eigenvalue weighted by molar-refractivity contribution is 7.53. The van der Waals surface area contributed by atoms with E-state index in [1.807, 2.05) is 0 Å². The Morgan fingerprint density at radius 3 is 2.52 bits per heavy atom. The molecule has 0 aliphatic heterocycles. The second-order valence-corrected chi connectivity index (χ2v) is 9.00. The van der Waals surface area contributed by atoms with Crippen LogP contribution in [0.4, 0.5) is 17.6 Å². The first-order chi connectivity index (χ1) is 12.3. The maximum Gasteiger partial charge on any atom is 0.400 e. The van der Waals surface area contributed by atoms with Crippen molar-refractivity contribution in [3.8, 4) is 5.75 Å². The van der Waals surface area contributed by atoms with Gasteiger partial charge in [-0.15, -0.1) is 11.3 Å². The molecule has 3 rings (SSSR count). The van der Waals surface area contributed by atoms with E-state index in [-0.39, 0.29) is 33.4 Å². The van der Waals surface area contributed by atoms with Crippen LogP contribution in [0.3, 0.4) is 0 Å². The normalized spacial score (nSPS) is 19.3. The molecule has 1 aliphatic rings. The maximum absolute atomic E-state index is 14.2. The van der Waals surface area contributed by atoms with Gasteiger partial charge in [-0.2, -0.15) is 8.78 Å². The number of rotatable bonds is 6. The third kappa shape index (κ3) is 3.44. The lowest BCUT2D eigenvalue weighted by Gasteiger charge is -2.16. The molecule has 0 radical (unpaired) electrons. The summed E-state index contributed by atoms with van der Waals surface area (Å²) < 4.78 is 71.0. The van der Waals surface area contributed by atoms with E-state index in [2.05, 4.69) is 0 Å². The molecule has 1 aromatic carbocycles. The Morgan fingerprint density at radius 2 is 2.04 bits per heavy atom. The number of carbonyl (C=O) groups excluding carboxylic acids is 1. The largest absolute Gasteiger partial charge is 0.492 e. The van der Waals surface area contributed by atoms with Gasteiger partial charge in [-0.3, -0.25) is 9.36 Å². The number of hydrogen-bond donors (Lipinski definition) is 3. The van der Waals surface area contributed by atoms with E-state index in [1.54, 1.807) is 0 Å². The van der Waals surface area contributed by atoms with E-state index in [1.165, 1.54) is 13.0 Å². The average Bonchev–Trinajstić information content (AvgIpc) is 2.99. The molecule has 27 heavy (non-hydrogen) atoms. The molecule has 1 atom stereocenters. The number of fused-ring (bicyclic) bond motifs is 1. The summed E-state index contributed by atoms with van der Waals surface area (Å²) >= 11 is 0.370. The van der Waals surface area contributed by atoms with Crippen LogP contribution in [-0.4, -0.2) is 28.2 Å². The summed E-state index contributed by atoms with van der Waals surface area (Å²) in [6.45, 7) is 0.812. The number of nitrogens with two attached hydrogens (primary N) is 1. The molecule has 0 saturated heterocycles. The van der Waals surface area contributed by atoms with Gasteiger partial charge in [-0.05, 0) is 24.6 Å². The Labute approximate surface area is 154 Å². The fourth-order valence-electron chi connectivity index (χ4n) is 2.60. The quantitative estimate of drug-likeness (QED) is 0.482. The molecule has 0 spiro atoms. The Hall–Kier alpha value is -1.68. The van der Waals surface area contributed by atoms with Crippen molar-refractivity contribution in [2.24, 2.45) is 11.7 Å². The summed E-state index contributed by atoms with van der Waals surface area (Å²) in [6, 6.07) is 2.34. The number of alkyl halides is 4. The summed E-state index contributed by atoms with van der Waals surface area (Å²) in [5.74, 6) is -4.90. The zero-order chi connectivity index (χ0) is 20.4. The molecule has 12 heteroatoms. The molecule has 1 saturated carbocycles. The molecule has 2 aromatic rings. The number of aryl methyl sites for hydroxylation is 1. The van der Waals surface area contributed by atoms with Crippen LogP contribution < -0.4 is 10.5 Å². The van der Waals surface area contributed by atoms with Crippen molar-refractivity contribution < 1.29 is 41.4 Å². The first kappa shape index (κ1) is 20.1. The highest BCUT2D eigenvalue weighted by Crippen LogP contribution is 2.62. The lowest BCUT2D eigenvalue weighted by Crippen LogP contribution is -2.13. The Kier molecular flexibility index (Phi) is 4.58. The first-order valence-electron chi connectivity index (χ1n) is 7.57. The SMILES string of the molecule is Cc1c(C(F)(F)P(=O)(O)O)sc2c(OCC3CC3(F)F)cc(C(N)=O)cc12. The van der Waals surface area contributed by atoms with E-state index in [0.717, 1.165) is 6.07 Å². The van der Waals surface area contributed by atoms with Gasteiger partial charge < -0.3 is 20.3 Å². The lowest BCUT2D eigenvalue weighted by molar-refractivity contribution is 0.0596. The smallest absolute Gasteiger partial charge is 0.400 e. The van der Waals surface area contributed by atoms with Crippen molar-refractivity contribution in [2.75, 3.05) is 6.61 Å². The number of hydrogen-bond acceptors (Lipinski definition) is 4. The van der Waals surface area contributed by atoms with Gasteiger partial charge in [0.1, 0.15) is 5.75 Å². The molecule has 1 aliphatic carbocycles. The molecule has 1 fully saturated rings. The van der Waals surface area contributed by atoms with Crippen molar-refractivity contribution in [1.29, 1.82) is 0 Å². The minimum Gasteiger partial charge on any atom is -0.492 e. The molecule has 4 N–H and O–H groups in total. The van der Waals surface area contributed by atoms with Crippen molar-refractivity contribution >= 4 is 34.9 Å². The zero-order valence-corrected chi connectivity index (χ0v) is 15.4. The van der Waals surface area contributed by atoms with Crippen LogP contribution in [0.15, 0.2) is 12.1 Å².